The first-order valence-corrected chi connectivity index (χ1v) is 18.3. The number of hydrogen-bond acceptors (Lipinski definition) is 14. The number of alkyl carbamates (subject to hydrolysis) is 1. The van der Waals surface area contributed by atoms with Crippen molar-refractivity contribution in [3.63, 3.8) is 0 Å². The van der Waals surface area contributed by atoms with E-state index in [0.29, 0.717) is 14.9 Å². The molecule has 0 spiro atoms. The maximum absolute atomic E-state index is 16.1. The molecule has 0 bridgehead atoms. The van der Waals surface area contributed by atoms with Gasteiger partial charge in [0.25, 0.3) is 5.56 Å². The molecular weight excluding hydrogens is 706 g/mol. The zero-order valence-corrected chi connectivity index (χ0v) is 30.0. The van der Waals surface area contributed by atoms with Crippen LogP contribution in [0, 0.1) is 0 Å². The third-order valence-corrected chi connectivity index (χ3v) is 9.50. The third-order valence-electron chi connectivity index (χ3n) is 7.21. The number of carbonyl (C=O) groups is 3. The number of methoxy groups -OCH3 is 1. The number of ether oxygens (including phenoxy) is 4. The summed E-state index contributed by atoms with van der Waals surface area (Å²) in [7, 11) is -3.33. The van der Waals surface area contributed by atoms with Crippen LogP contribution >= 0.6 is 19.5 Å². The Balaban J connectivity index is 1.81. The molecule has 17 nitrogen and oxygen atoms in total. The predicted octanol–water partition coefficient (Wildman–Crippen LogP) is 2.11. The maximum atomic E-state index is 16.1. The van der Waals surface area contributed by atoms with Crippen molar-refractivity contribution >= 4 is 37.5 Å². The fourth-order valence-electron chi connectivity index (χ4n) is 4.60. The van der Waals surface area contributed by atoms with Crippen molar-refractivity contribution < 1.29 is 56.4 Å². The van der Waals surface area contributed by atoms with Crippen LogP contribution in [0.4, 0.5) is 9.18 Å². The topological polar surface area (TPSA) is 212 Å². The Morgan fingerprint density at radius 2 is 1.82 bits per heavy atom. The first kappa shape index (κ1) is 40.7. The first-order valence-electron chi connectivity index (χ1n) is 15.3. The average Bonchev–Trinajstić information content (AvgIpc) is 3.28. The molecule has 0 aliphatic carbocycles. The predicted molar refractivity (Wildman–Crippen MR) is 177 cm³/mol. The van der Waals surface area contributed by atoms with Gasteiger partial charge in [-0.15, -0.1) is 0 Å². The smallest absolute Gasteiger partial charge is 0.459 e. The Labute approximate surface area is 291 Å². The van der Waals surface area contributed by atoms with Crippen LogP contribution in [0.1, 0.15) is 40.3 Å². The van der Waals surface area contributed by atoms with Gasteiger partial charge in [0.05, 0.1) is 19.8 Å². The summed E-state index contributed by atoms with van der Waals surface area (Å²) in [6, 6.07) is 6.38. The Morgan fingerprint density at radius 3 is 2.44 bits per heavy atom. The van der Waals surface area contributed by atoms with Crippen molar-refractivity contribution in [1.29, 1.82) is 0 Å². The minimum absolute atomic E-state index is 0.0972. The number of aromatic nitrogens is 2. The van der Waals surface area contributed by atoms with Crippen molar-refractivity contribution in [3.8, 4) is 5.75 Å². The summed E-state index contributed by atoms with van der Waals surface area (Å²) in [4.78, 5) is 62.9. The lowest BCUT2D eigenvalue weighted by Gasteiger charge is -2.26. The summed E-state index contributed by atoms with van der Waals surface area (Å²) < 4.78 is 62.7. The number of carbonyl (C=O) groups excluding carboxylic acids is 3. The molecule has 2 aromatic rings. The zero-order valence-electron chi connectivity index (χ0n) is 28.3. The molecule has 1 amide bonds. The number of para-hydroxylation sites is 1. The highest BCUT2D eigenvalue weighted by atomic mass is 32.2. The lowest BCUT2D eigenvalue weighted by atomic mass is 9.98. The van der Waals surface area contributed by atoms with E-state index in [0.717, 1.165) is 26.3 Å². The molecule has 20 heteroatoms. The molecule has 7 atom stereocenters. The largest absolute Gasteiger partial charge is 0.462 e. The number of rotatable bonds is 17. The first-order chi connectivity index (χ1) is 23.5. The number of nitrogens with one attached hydrogen (secondary N) is 2. The second-order valence-corrected chi connectivity index (χ2v) is 14.2. The van der Waals surface area contributed by atoms with E-state index in [1.54, 1.807) is 38.3 Å². The monoisotopic (exact) mass is 748 g/mol. The van der Waals surface area contributed by atoms with Crippen LogP contribution in [0.3, 0.4) is 0 Å². The van der Waals surface area contributed by atoms with Gasteiger partial charge in [0.15, 0.2) is 18.6 Å². The van der Waals surface area contributed by atoms with Gasteiger partial charge in [-0.2, -0.15) is 16.8 Å². The molecule has 3 rings (SSSR count). The molecule has 0 radical (unpaired) electrons. The molecule has 1 saturated heterocycles. The molecule has 50 heavy (non-hydrogen) atoms. The summed E-state index contributed by atoms with van der Waals surface area (Å²) in [6.07, 6.45) is -3.86. The number of nitrogens with zero attached hydrogens (tertiary/aromatic N) is 2. The van der Waals surface area contributed by atoms with Gasteiger partial charge in [-0.25, -0.2) is 27.9 Å². The van der Waals surface area contributed by atoms with E-state index in [2.05, 4.69) is 15.1 Å². The zero-order chi connectivity index (χ0) is 37.2. The van der Waals surface area contributed by atoms with E-state index in [4.69, 9.17) is 23.3 Å². The summed E-state index contributed by atoms with van der Waals surface area (Å²) in [6.45, 7) is 3.91. The van der Waals surface area contributed by atoms with Crippen molar-refractivity contribution in [2.75, 3.05) is 25.7 Å². The van der Waals surface area contributed by atoms with E-state index in [-0.39, 0.29) is 12.2 Å². The number of hydrogen-bond donors (Lipinski definition) is 3. The third kappa shape index (κ3) is 10.6. The fourth-order valence-corrected chi connectivity index (χ4v) is 6.57. The summed E-state index contributed by atoms with van der Waals surface area (Å²) in [5.74, 6) is -1.17. The molecule has 1 aliphatic heterocycles. The lowest BCUT2D eigenvalue weighted by Crippen LogP contribution is -2.47. The second kappa shape index (κ2) is 18.0. The minimum Gasteiger partial charge on any atom is -0.462 e. The van der Waals surface area contributed by atoms with Crippen LogP contribution in [-0.2, 0) is 44.4 Å². The molecule has 1 aromatic heterocycles. The van der Waals surface area contributed by atoms with Crippen LogP contribution in [-0.4, -0.2) is 94.1 Å². The Morgan fingerprint density at radius 1 is 1.14 bits per heavy atom. The maximum Gasteiger partial charge on any atom is 0.459 e. The molecule has 3 N–H and O–H groups in total. The summed E-state index contributed by atoms with van der Waals surface area (Å²) >= 11 is 1.40. The van der Waals surface area contributed by atoms with Gasteiger partial charge >= 0.3 is 31.5 Å². The van der Waals surface area contributed by atoms with E-state index in [9.17, 15) is 33.6 Å². The van der Waals surface area contributed by atoms with Gasteiger partial charge in [0.2, 0.25) is 0 Å². The summed E-state index contributed by atoms with van der Waals surface area (Å²) in [5, 5.41) is 15.7. The number of aliphatic hydroxyl groups is 1. The van der Waals surface area contributed by atoms with Crippen molar-refractivity contribution in [1.82, 2.24) is 19.5 Å². The van der Waals surface area contributed by atoms with E-state index in [1.807, 2.05) is 0 Å². The quantitative estimate of drug-likeness (QED) is 0.120. The SMILES string of the molecule is COC(=O)N[C@@H](CCSC)C(=O)OCn1c(=O)ccn([C@@H]2O[C@H](CO[P@@](=O)(N[C@@H](C)C(=O)OC(C)C)Oc3ccccc3)[C@@H](O)[C@@]2(C)F)c1=O. The van der Waals surface area contributed by atoms with Gasteiger partial charge in [0, 0.05) is 12.3 Å². The van der Waals surface area contributed by atoms with Gasteiger partial charge in [-0.3, -0.25) is 18.7 Å². The number of thioether (sulfide) groups is 1. The van der Waals surface area contributed by atoms with Gasteiger partial charge in [-0.05, 0) is 58.3 Å². The minimum atomic E-state index is -4.44. The fraction of sp³-hybridized carbons (Fsp3) is 0.567. The average molecular weight is 749 g/mol. The second-order valence-electron chi connectivity index (χ2n) is 11.5. The van der Waals surface area contributed by atoms with Gasteiger partial charge < -0.3 is 33.9 Å². The Bertz CT molecular complexity index is 1640. The van der Waals surface area contributed by atoms with E-state index in [1.165, 1.54) is 30.8 Å². The van der Waals surface area contributed by atoms with Crippen molar-refractivity contribution in [3.05, 3.63) is 63.4 Å². The van der Waals surface area contributed by atoms with Crippen molar-refractivity contribution in [2.45, 2.75) is 83.1 Å². The van der Waals surface area contributed by atoms with Gasteiger partial charge in [0.1, 0.15) is 30.0 Å². The number of esters is 2. The van der Waals surface area contributed by atoms with Gasteiger partial charge in [-0.1, -0.05) is 18.2 Å². The standard InChI is InChI=1S/C30H42FN4O13PS/c1-18(2)46-25(38)19(3)33-49(42,48-20-10-8-7-9-11-20)45-16-22-24(37)30(4,31)27(47-22)34-14-12-23(36)35(29(34)41)17-44-26(39)21(13-15-50-6)32-28(40)43-5/h7-12,14,18-19,21-22,24,27,37H,13,15-17H2,1-6H3,(H,32,40)(H,33,42)/t19-,21-,22+,24+,27+,30+,49-/m0/s1. The lowest BCUT2D eigenvalue weighted by molar-refractivity contribution is -0.150. The Hall–Kier alpha value is -3.74. The van der Waals surface area contributed by atoms with Crippen LogP contribution in [0.15, 0.2) is 52.2 Å². The summed E-state index contributed by atoms with van der Waals surface area (Å²) in [5.41, 5.74) is -4.75. The highest BCUT2D eigenvalue weighted by molar-refractivity contribution is 7.98. The highest BCUT2D eigenvalue weighted by Gasteiger charge is 2.56. The molecule has 278 valence electrons. The molecule has 0 saturated carbocycles. The van der Waals surface area contributed by atoms with Crippen LogP contribution in [0.5, 0.6) is 5.75 Å². The van der Waals surface area contributed by atoms with E-state index < -0.39 is 92.7 Å². The Kier molecular flexibility index (Phi) is 14.6. The number of aliphatic hydroxyl groups excluding tert-OH is 1. The normalized spacial score (nSPS) is 22.6. The number of alkyl halides is 1. The van der Waals surface area contributed by atoms with E-state index >= 15 is 4.39 Å². The van der Waals surface area contributed by atoms with Crippen LogP contribution in [0.25, 0.3) is 0 Å². The molecule has 2 heterocycles. The molecule has 0 unspecified atom stereocenters. The number of benzene rings is 1. The van der Waals surface area contributed by atoms with Crippen molar-refractivity contribution in [2.24, 2.45) is 0 Å². The molecule has 1 aliphatic rings. The van der Waals surface area contributed by atoms with Crippen LogP contribution < -0.4 is 26.2 Å². The highest BCUT2D eigenvalue weighted by Crippen LogP contribution is 2.47. The number of amides is 1. The number of halogens is 1. The molecule has 1 fully saturated rings. The molecule has 1 aromatic carbocycles. The van der Waals surface area contributed by atoms with Crippen LogP contribution in [0.2, 0.25) is 0 Å². The molecular formula is C30H42FN4O13PS.